The molecule has 1 saturated heterocycles. The van der Waals surface area contributed by atoms with E-state index >= 15 is 0 Å². The van der Waals surface area contributed by atoms with Crippen molar-refractivity contribution in [2.75, 3.05) is 20.2 Å². The number of hydrogen-bond acceptors (Lipinski definition) is 4. The number of nitrogens with zero attached hydrogens (tertiary/aromatic N) is 2. The first-order chi connectivity index (χ1) is 11.4. The number of allylic oxidation sites excluding steroid dienone is 1. The van der Waals surface area contributed by atoms with Crippen molar-refractivity contribution in [3.05, 3.63) is 34.7 Å². The van der Waals surface area contributed by atoms with Gasteiger partial charge >= 0.3 is 0 Å². The first-order valence-corrected chi connectivity index (χ1v) is 8.17. The van der Waals surface area contributed by atoms with E-state index in [0.717, 1.165) is 47.5 Å². The summed E-state index contributed by atoms with van der Waals surface area (Å²) >= 11 is 0. The van der Waals surface area contributed by atoms with E-state index in [2.05, 4.69) is 17.7 Å². The molecule has 0 unspecified atom stereocenters. The second-order valence-electron chi connectivity index (χ2n) is 6.81. The predicted octanol–water partition coefficient (Wildman–Crippen LogP) is 1.49. The molecule has 3 rings (SSSR count). The van der Waals surface area contributed by atoms with E-state index < -0.39 is 0 Å². The predicted molar refractivity (Wildman–Crippen MR) is 89.2 cm³/mol. The molecule has 1 fully saturated rings. The van der Waals surface area contributed by atoms with Gasteiger partial charge in [-0.2, -0.15) is 0 Å². The molecule has 24 heavy (non-hydrogen) atoms. The summed E-state index contributed by atoms with van der Waals surface area (Å²) in [5.41, 5.74) is 3.60. The van der Waals surface area contributed by atoms with E-state index in [4.69, 9.17) is 11.2 Å². The first kappa shape index (κ1) is 16.5. The van der Waals surface area contributed by atoms with Crippen LogP contribution in [0.5, 0.6) is 0 Å². The smallest absolute Gasteiger partial charge is 0.231 e. The van der Waals surface area contributed by atoms with Gasteiger partial charge in [0.15, 0.2) is 5.78 Å². The molecule has 0 spiro atoms. The molecule has 1 N–H and O–H groups in total. The Kier molecular flexibility index (Phi) is 4.10. The van der Waals surface area contributed by atoms with E-state index in [-0.39, 0.29) is 17.8 Å². The van der Waals surface area contributed by atoms with E-state index in [9.17, 15) is 10.0 Å². The number of Topliss-reactive ketones (excluding diaryl/α,β-unsaturated/α-hetero) is 1. The molecule has 0 bridgehead atoms. The monoisotopic (exact) mass is 327 g/mol. The van der Waals surface area contributed by atoms with Crippen LogP contribution in [0.25, 0.3) is 5.70 Å². The van der Waals surface area contributed by atoms with Crippen molar-refractivity contribution in [2.45, 2.75) is 38.7 Å². The van der Waals surface area contributed by atoms with Crippen LogP contribution in [0, 0.1) is 19.3 Å². The van der Waals surface area contributed by atoms with Crippen LogP contribution in [0.4, 0.5) is 0 Å². The number of methoxy groups -OCH3 is 1. The van der Waals surface area contributed by atoms with Crippen molar-refractivity contribution in [2.24, 2.45) is 0 Å². The van der Waals surface area contributed by atoms with Crippen LogP contribution in [0.15, 0.2) is 17.8 Å². The highest BCUT2D eigenvalue weighted by Crippen LogP contribution is 2.36. The zero-order valence-corrected chi connectivity index (χ0v) is 14.4. The molecule has 0 aromatic carbocycles. The molecular weight excluding hydrogens is 304 g/mol. The summed E-state index contributed by atoms with van der Waals surface area (Å²) in [6.45, 7) is 5.50. The molecule has 126 valence electrons. The third kappa shape index (κ3) is 2.67. The summed E-state index contributed by atoms with van der Waals surface area (Å²) < 4.78 is 6.66. The summed E-state index contributed by atoms with van der Waals surface area (Å²) in [6.07, 6.45) is 9.25. The number of carbonyl (C=O) groups excluding carboxylic acids is 1. The average Bonchev–Trinajstić information content (AvgIpc) is 2.56. The summed E-state index contributed by atoms with van der Waals surface area (Å²) in [6, 6.07) is 1.90. The number of rotatable bonds is 2. The lowest BCUT2D eigenvalue weighted by Crippen LogP contribution is -2.44. The van der Waals surface area contributed by atoms with Gasteiger partial charge in [0.1, 0.15) is 0 Å². The van der Waals surface area contributed by atoms with E-state index in [1.807, 2.05) is 13.0 Å². The lowest BCUT2D eigenvalue weighted by atomic mass is 9.86. The molecule has 0 amide bonds. The fourth-order valence-electron chi connectivity index (χ4n) is 3.46. The molecule has 0 atom stereocenters. The van der Waals surface area contributed by atoms with Crippen molar-refractivity contribution >= 4 is 11.5 Å². The zero-order chi connectivity index (χ0) is 17.5. The van der Waals surface area contributed by atoms with Crippen LogP contribution in [0.3, 0.4) is 0 Å². The standard InChI is InChI=1S/C19H23N2O3/c1-5-15-17(22)11-14-12-21(23)13(2)10-16(14)18(15)20-8-6-19(3,24-4)7-9-20/h1,10,12,23H,6-9,11H2,2-4H3/q+1. The Morgan fingerprint density at radius 1 is 1.42 bits per heavy atom. The Hall–Kier alpha value is -2.32. The molecule has 1 aliphatic heterocycles. The lowest BCUT2D eigenvalue weighted by Gasteiger charge is -2.41. The van der Waals surface area contributed by atoms with Gasteiger partial charge in [-0.1, -0.05) is 5.92 Å². The molecule has 2 aliphatic rings. The third-order valence-electron chi connectivity index (χ3n) is 5.23. The summed E-state index contributed by atoms with van der Waals surface area (Å²) in [4.78, 5) is 14.7. The van der Waals surface area contributed by atoms with E-state index in [1.54, 1.807) is 13.3 Å². The van der Waals surface area contributed by atoms with Crippen LogP contribution in [-0.4, -0.2) is 41.7 Å². The highest BCUT2D eigenvalue weighted by molar-refractivity contribution is 6.10. The molecule has 5 nitrogen and oxygen atoms in total. The number of ether oxygens (including phenoxy) is 1. The van der Waals surface area contributed by atoms with Gasteiger partial charge in [-0.15, -0.1) is 6.42 Å². The number of fused-ring (bicyclic) bond motifs is 1. The third-order valence-corrected chi connectivity index (χ3v) is 5.23. The maximum atomic E-state index is 12.5. The highest BCUT2D eigenvalue weighted by atomic mass is 16.5. The maximum Gasteiger partial charge on any atom is 0.231 e. The van der Waals surface area contributed by atoms with Gasteiger partial charge in [-0.05, 0) is 19.8 Å². The SMILES string of the molecule is C#CC1=C(N2CCC(C)(OC)CC2)c2cc(C)[n+](O)cc2CC1=O. The van der Waals surface area contributed by atoms with Crippen molar-refractivity contribution < 1.29 is 19.5 Å². The molecule has 2 heterocycles. The zero-order valence-electron chi connectivity index (χ0n) is 14.4. The second kappa shape index (κ2) is 5.95. The summed E-state index contributed by atoms with van der Waals surface area (Å²) in [5.74, 6) is 2.53. The second-order valence-corrected chi connectivity index (χ2v) is 6.81. The number of carbonyl (C=O) groups is 1. The van der Waals surface area contributed by atoms with E-state index in [0.29, 0.717) is 11.3 Å². The Bertz CT molecular complexity index is 766. The summed E-state index contributed by atoms with van der Waals surface area (Å²) in [5, 5.41) is 9.90. The normalized spacial score (nSPS) is 19.9. The average molecular weight is 327 g/mol. The van der Waals surface area contributed by atoms with Crippen LogP contribution in [-0.2, 0) is 16.0 Å². The summed E-state index contributed by atoms with van der Waals surface area (Å²) in [7, 11) is 1.74. The van der Waals surface area contributed by atoms with Crippen LogP contribution in [0.1, 0.15) is 36.6 Å². The number of likely N-dealkylation sites (tertiary alicyclic amines) is 1. The van der Waals surface area contributed by atoms with Crippen LogP contribution >= 0.6 is 0 Å². The van der Waals surface area contributed by atoms with Gasteiger partial charge < -0.3 is 9.64 Å². The molecule has 1 aromatic rings. The van der Waals surface area contributed by atoms with Gasteiger partial charge in [-0.3, -0.25) is 10.0 Å². The first-order valence-electron chi connectivity index (χ1n) is 8.17. The van der Waals surface area contributed by atoms with Gasteiger partial charge in [0.2, 0.25) is 11.9 Å². The minimum Gasteiger partial charge on any atom is -0.378 e. The van der Waals surface area contributed by atoms with Gasteiger partial charge in [0.25, 0.3) is 0 Å². The van der Waals surface area contributed by atoms with Crippen LogP contribution in [0.2, 0.25) is 0 Å². The van der Waals surface area contributed by atoms with Gasteiger partial charge in [0, 0.05) is 55.5 Å². The molecule has 5 heteroatoms. The highest BCUT2D eigenvalue weighted by Gasteiger charge is 2.36. The van der Waals surface area contributed by atoms with Crippen molar-refractivity contribution in [3.8, 4) is 12.3 Å². The molecule has 1 aromatic heterocycles. The topological polar surface area (TPSA) is 53.6 Å². The number of terminal acetylenes is 1. The minimum atomic E-state index is -0.129. The maximum absolute atomic E-state index is 12.5. The Morgan fingerprint density at radius 2 is 2.08 bits per heavy atom. The molecule has 0 saturated carbocycles. The lowest BCUT2D eigenvalue weighted by molar-refractivity contribution is -0.909. The number of aryl methyl sites for hydroxylation is 1. The number of hydrogen-bond donors (Lipinski definition) is 1. The van der Waals surface area contributed by atoms with Crippen molar-refractivity contribution in [1.82, 2.24) is 4.90 Å². The molecule has 1 aliphatic carbocycles. The van der Waals surface area contributed by atoms with Crippen LogP contribution < -0.4 is 4.73 Å². The van der Waals surface area contributed by atoms with Gasteiger partial charge in [-0.25, -0.2) is 0 Å². The quantitative estimate of drug-likeness (QED) is 0.508. The van der Waals surface area contributed by atoms with Crippen molar-refractivity contribution in [3.63, 3.8) is 0 Å². The molecular formula is C19H23N2O3+. The number of piperidine rings is 1. The van der Waals surface area contributed by atoms with Gasteiger partial charge in [0.05, 0.1) is 16.9 Å². The number of aromatic nitrogens is 1. The fourth-order valence-corrected chi connectivity index (χ4v) is 3.46. The minimum absolute atomic E-state index is 0.0658. The Labute approximate surface area is 142 Å². The number of ketones is 1. The van der Waals surface area contributed by atoms with E-state index in [1.165, 1.54) is 0 Å². The fraction of sp³-hybridized carbons (Fsp3) is 0.474. The largest absolute Gasteiger partial charge is 0.378 e. The Morgan fingerprint density at radius 3 is 2.67 bits per heavy atom. The van der Waals surface area contributed by atoms with Crippen molar-refractivity contribution in [1.29, 1.82) is 0 Å². The number of pyridine rings is 1. The molecule has 0 radical (unpaired) electrons. The Balaban J connectivity index is 2.06.